The molecular weight excluding hydrogens is 492 g/mol. The van der Waals surface area contributed by atoms with E-state index in [0.717, 1.165) is 15.2 Å². The first-order valence-electron chi connectivity index (χ1n) is 12.0. The number of benzene rings is 2. The van der Waals surface area contributed by atoms with E-state index in [2.05, 4.69) is 0 Å². The van der Waals surface area contributed by atoms with Gasteiger partial charge in [-0.3, -0.25) is 18.7 Å². The Morgan fingerprint density at radius 2 is 1.73 bits per heavy atom. The Morgan fingerprint density at radius 3 is 2.35 bits per heavy atom. The van der Waals surface area contributed by atoms with Gasteiger partial charge in [-0.1, -0.05) is 24.3 Å². The lowest BCUT2D eigenvalue weighted by Gasteiger charge is -2.35. The molecule has 0 amide bonds. The third-order valence-electron chi connectivity index (χ3n) is 7.50. The molecule has 0 atom stereocenters. The Hall–Kier alpha value is -3.43. The Morgan fingerprint density at radius 1 is 1.08 bits per heavy atom. The van der Waals surface area contributed by atoms with Crippen molar-refractivity contribution < 1.29 is 27.1 Å². The molecule has 10 heteroatoms. The van der Waals surface area contributed by atoms with Crippen LogP contribution in [0.3, 0.4) is 0 Å². The van der Waals surface area contributed by atoms with Gasteiger partial charge in [-0.05, 0) is 63.1 Å². The molecule has 0 radical (unpaired) electrons. The number of nitrogens with zero attached hydrogens (tertiary/aromatic N) is 2. The molecule has 37 heavy (non-hydrogen) atoms. The smallest absolute Gasteiger partial charge is 0.419 e. The Balaban J connectivity index is 1.77. The molecule has 3 aromatic rings. The topological polar surface area (TPSA) is 70.3 Å². The summed E-state index contributed by atoms with van der Waals surface area (Å²) >= 11 is 0. The highest BCUT2D eigenvalue weighted by Crippen LogP contribution is 2.40. The highest BCUT2D eigenvalue weighted by atomic mass is 19.4. The number of hydrogen-bond acceptors (Lipinski definition) is 4. The summed E-state index contributed by atoms with van der Waals surface area (Å²) in [4.78, 5) is 39.2. The Kier molecular flexibility index (Phi) is 7.05. The molecular formula is C27H28F4N2O4. The number of hydrogen-bond donors (Lipinski definition) is 0. The van der Waals surface area contributed by atoms with Crippen LogP contribution in [-0.4, -0.2) is 22.2 Å². The van der Waals surface area contributed by atoms with Gasteiger partial charge in [0, 0.05) is 12.1 Å². The summed E-state index contributed by atoms with van der Waals surface area (Å²) < 4.78 is 61.8. The molecule has 0 saturated heterocycles. The first-order valence-corrected chi connectivity index (χ1v) is 12.0. The summed E-state index contributed by atoms with van der Waals surface area (Å²) in [6.45, 7) is 3.15. The van der Waals surface area contributed by atoms with E-state index in [1.807, 2.05) is 6.92 Å². The second-order valence-electron chi connectivity index (χ2n) is 10.0. The number of aryl methyl sites for hydroxylation is 1. The fourth-order valence-electron chi connectivity index (χ4n) is 5.24. The number of rotatable bonds is 5. The fourth-order valence-corrected chi connectivity index (χ4v) is 5.24. The minimum absolute atomic E-state index is 0.0663. The van der Waals surface area contributed by atoms with Crippen molar-refractivity contribution in [3.8, 4) is 0 Å². The summed E-state index contributed by atoms with van der Waals surface area (Å²) in [6, 6.07) is 7.81. The SMILES string of the molecule is COC(=O)C1(C)CCC(Cn2c(=O)c3c(C)cccc3n(Cc3cccc(C(F)(F)F)c3F)c2=O)CC1. The van der Waals surface area contributed by atoms with E-state index >= 15 is 0 Å². The highest BCUT2D eigenvalue weighted by Gasteiger charge is 2.39. The first-order chi connectivity index (χ1) is 17.4. The monoisotopic (exact) mass is 520 g/mol. The third-order valence-corrected chi connectivity index (χ3v) is 7.50. The molecule has 1 aliphatic rings. The van der Waals surface area contributed by atoms with E-state index in [9.17, 15) is 31.9 Å². The van der Waals surface area contributed by atoms with Crippen LogP contribution >= 0.6 is 0 Å². The lowest BCUT2D eigenvalue weighted by molar-refractivity contribution is -0.154. The van der Waals surface area contributed by atoms with E-state index in [1.54, 1.807) is 19.1 Å². The fraction of sp³-hybridized carbons (Fsp3) is 0.444. The van der Waals surface area contributed by atoms with Crippen molar-refractivity contribution >= 4 is 16.9 Å². The Bertz CT molecular complexity index is 1460. The normalized spacial score (nSPS) is 20.2. The lowest BCUT2D eigenvalue weighted by atomic mass is 9.71. The number of fused-ring (bicyclic) bond motifs is 1. The van der Waals surface area contributed by atoms with Crippen LogP contribution in [-0.2, 0) is 28.8 Å². The molecule has 1 heterocycles. The molecule has 0 spiro atoms. The molecule has 1 aliphatic carbocycles. The third kappa shape index (κ3) is 4.93. The zero-order valence-corrected chi connectivity index (χ0v) is 20.8. The molecule has 0 unspecified atom stereocenters. The van der Waals surface area contributed by atoms with Crippen LogP contribution in [0.2, 0.25) is 0 Å². The molecule has 0 bridgehead atoms. The van der Waals surface area contributed by atoms with Gasteiger partial charge in [-0.25, -0.2) is 9.18 Å². The summed E-state index contributed by atoms with van der Waals surface area (Å²) in [5.41, 5.74) is -2.75. The van der Waals surface area contributed by atoms with Crippen LogP contribution in [0.5, 0.6) is 0 Å². The van der Waals surface area contributed by atoms with Crippen LogP contribution in [0, 0.1) is 24.1 Å². The van der Waals surface area contributed by atoms with Crippen molar-refractivity contribution in [3.63, 3.8) is 0 Å². The van der Waals surface area contributed by atoms with E-state index in [1.165, 1.54) is 19.2 Å². The standard InChI is InChI=1S/C27H28F4N2O4/c1-16-6-4-9-20-21(16)23(34)33(14-17-10-12-26(2,13-11-17)24(35)37-3)25(36)32(20)15-18-7-5-8-19(22(18)28)27(29,30)31/h4-9,17H,10-15H2,1-3H3. The molecule has 0 N–H and O–H groups in total. The van der Waals surface area contributed by atoms with Crippen LogP contribution in [0.25, 0.3) is 10.9 Å². The average molecular weight is 521 g/mol. The van der Waals surface area contributed by atoms with Gasteiger partial charge in [0.25, 0.3) is 5.56 Å². The van der Waals surface area contributed by atoms with Crippen LogP contribution in [0.4, 0.5) is 17.6 Å². The van der Waals surface area contributed by atoms with Crippen molar-refractivity contribution in [3.05, 3.63) is 79.7 Å². The van der Waals surface area contributed by atoms with Crippen LogP contribution < -0.4 is 11.2 Å². The number of aromatic nitrogens is 2. The van der Waals surface area contributed by atoms with Crippen molar-refractivity contribution in [2.45, 2.75) is 58.8 Å². The molecule has 0 aliphatic heterocycles. The van der Waals surface area contributed by atoms with E-state index < -0.39 is 40.8 Å². The van der Waals surface area contributed by atoms with Crippen molar-refractivity contribution in [1.29, 1.82) is 0 Å². The second-order valence-corrected chi connectivity index (χ2v) is 10.0. The largest absolute Gasteiger partial charge is 0.469 e. The summed E-state index contributed by atoms with van der Waals surface area (Å²) in [7, 11) is 1.34. The molecule has 198 valence electrons. The van der Waals surface area contributed by atoms with Gasteiger partial charge < -0.3 is 4.74 Å². The van der Waals surface area contributed by atoms with Crippen molar-refractivity contribution in [2.75, 3.05) is 7.11 Å². The predicted molar refractivity (Wildman–Crippen MR) is 130 cm³/mol. The van der Waals surface area contributed by atoms with E-state index in [0.29, 0.717) is 37.3 Å². The highest BCUT2D eigenvalue weighted by molar-refractivity contribution is 5.81. The number of halogens is 4. The maximum atomic E-state index is 14.8. The number of ether oxygens (including phenoxy) is 1. The molecule has 1 saturated carbocycles. The van der Waals surface area contributed by atoms with Gasteiger partial charge in [0.2, 0.25) is 0 Å². The zero-order valence-electron chi connectivity index (χ0n) is 20.8. The summed E-state index contributed by atoms with van der Waals surface area (Å²) in [5.74, 6) is -1.81. The number of methoxy groups -OCH3 is 1. The maximum absolute atomic E-state index is 14.8. The Labute approximate surface area is 210 Å². The average Bonchev–Trinajstić information content (AvgIpc) is 2.85. The minimum atomic E-state index is -4.89. The van der Waals surface area contributed by atoms with Gasteiger partial charge in [0.05, 0.1) is 35.5 Å². The van der Waals surface area contributed by atoms with Gasteiger partial charge in [0.1, 0.15) is 5.82 Å². The predicted octanol–water partition coefficient (Wildman–Crippen LogP) is 5.05. The number of carbonyl (C=O) groups is 1. The van der Waals surface area contributed by atoms with E-state index in [4.69, 9.17) is 4.74 Å². The van der Waals surface area contributed by atoms with Crippen LogP contribution in [0.1, 0.15) is 49.3 Å². The zero-order chi connectivity index (χ0) is 27.1. The second kappa shape index (κ2) is 9.79. The first kappa shape index (κ1) is 26.6. The molecule has 4 rings (SSSR count). The quantitative estimate of drug-likeness (QED) is 0.349. The molecule has 1 aromatic heterocycles. The van der Waals surface area contributed by atoms with Gasteiger partial charge in [-0.15, -0.1) is 0 Å². The molecule has 2 aromatic carbocycles. The maximum Gasteiger partial charge on any atom is 0.419 e. The number of alkyl halides is 3. The minimum Gasteiger partial charge on any atom is -0.469 e. The van der Waals surface area contributed by atoms with Crippen LogP contribution in [0.15, 0.2) is 46.0 Å². The van der Waals surface area contributed by atoms with Crippen molar-refractivity contribution in [1.82, 2.24) is 9.13 Å². The molecule has 6 nitrogen and oxygen atoms in total. The van der Waals surface area contributed by atoms with Gasteiger partial charge in [-0.2, -0.15) is 13.2 Å². The number of esters is 1. The molecule has 1 fully saturated rings. The lowest BCUT2D eigenvalue weighted by Crippen LogP contribution is -2.43. The van der Waals surface area contributed by atoms with Gasteiger partial charge >= 0.3 is 17.8 Å². The summed E-state index contributed by atoms with van der Waals surface area (Å²) in [6.07, 6.45) is -2.63. The van der Waals surface area contributed by atoms with Crippen molar-refractivity contribution in [2.24, 2.45) is 11.3 Å². The summed E-state index contributed by atoms with van der Waals surface area (Å²) in [5, 5.41) is 0.254. The van der Waals surface area contributed by atoms with E-state index in [-0.39, 0.29) is 34.9 Å². The van der Waals surface area contributed by atoms with Gasteiger partial charge in [0.15, 0.2) is 0 Å². The number of carbonyl (C=O) groups excluding carboxylic acids is 1.